The molecule has 0 heterocycles. The standard InChI is InChI=1S/C15H18/c1-10-5-4-8-13-14(10)9-12-7-3-6-11(2)15(12)13/h3-4,6-8,10-11,15H,5,9H2,1-2H3. The molecule has 3 aliphatic carbocycles. The van der Waals surface area contributed by atoms with E-state index in [1.165, 1.54) is 12.8 Å². The number of allylic oxidation sites excluding steroid dienone is 8. The molecule has 3 rings (SSSR count). The highest BCUT2D eigenvalue weighted by Gasteiger charge is 2.35. The molecule has 0 N–H and O–H groups in total. The fourth-order valence-electron chi connectivity index (χ4n) is 3.29. The first-order chi connectivity index (χ1) is 7.27. The van der Waals surface area contributed by atoms with E-state index in [9.17, 15) is 0 Å². The average molecular weight is 198 g/mol. The second-order valence-electron chi connectivity index (χ2n) is 5.16. The quantitative estimate of drug-likeness (QED) is 0.551. The van der Waals surface area contributed by atoms with Crippen molar-refractivity contribution in [1.29, 1.82) is 0 Å². The van der Waals surface area contributed by atoms with Crippen LogP contribution < -0.4 is 0 Å². The zero-order valence-corrected chi connectivity index (χ0v) is 9.53. The van der Waals surface area contributed by atoms with Crippen molar-refractivity contribution in [3.63, 3.8) is 0 Å². The SMILES string of the molecule is CC1CC=CC2=C1CC1=CC=CC(C)C12. The molecule has 78 valence electrons. The molecule has 3 atom stereocenters. The van der Waals surface area contributed by atoms with Gasteiger partial charge in [-0.05, 0) is 30.3 Å². The Hall–Kier alpha value is -1.04. The van der Waals surface area contributed by atoms with E-state index in [0.717, 1.165) is 5.92 Å². The van der Waals surface area contributed by atoms with Crippen molar-refractivity contribution >= 4 is 0 Å². The van der Waals surface area contributed by atoms with Gasteiger partial charge in [-0.2, -0.15) is 0 Å². The molecular formula is C15H18. The zero-order valence-electron chi connectivity index (χ0n) is 9.53. The molecule has 0 aromatic heterocycles. The van der Waals surface area contributed by atoms with Crippen LogP contribution >= 0.6 is 0 Å². The smallest absolute Gasteiger partial charge is 0.0114 e. The summed E-state index contributed by atoms with van der Waals surface area (Å²) in [5.74, 6) is 2.15. The third-order valence-corrected chi connectivity index (χ3v) is 4.13. The van der Waals surface area contributed by atoms with Gasteiger partial charge < -0.3 is 0 Å². The van der Waals surface area contributed by atoms with E-state index in [-0.39, 0.29) is 0 Å². The summed E-state index contributed by atoms with van der Waals surface area (Å²) >= 11 is 0. The summed E-state index contributed by atoms with van der Waals surface area (Å²) in [6.07, 6.45) is 14.1. The number of fused-ring (bicyclic) bond motifs is 2. The van der Waals surface area contributed by atoms with Crippen LogP contribution in [-0.2, 0) is 0 Å². The molecule has 0 aliphatic heterocycles. The Bertz CT molecular complexity index is 404. The van der Waals surface area contributed by atoms with Gasteiger partial charge in [0.25, 0.3) is 0 Å². The highest BCUT2D eigenvalue weighted by Crippen LogP contribution is 2.48. The highest BCUT2D eigenvalue weighted by molar-refractivity contribution is 5.49. The van der Waals surface area contributed by atoms with Gasteiger partial charge in [0.15, 0.2) is 0 Å². The van der Waals surface area contributed by atoms with Crippen LogP contribution in [0.1, 0.15) is 26.7 Å². The van der Waals surface area contributed by atoms with Crippen LogP contribution in [0.5, 0.6) is 0 Å². The summed E-state index contributed by atoms with van der Waals surface area (Å²) in [4.78, 5) is 0. The molecule has 0 aromatic carbocycles. The van der Waals surface area contributed by atoms with Gasteiger partial charge in [-0.3, -0.25) is 0 Å². The van der Waals surface area contributed by atoms with Crippen molar-refractivity contribution in [2.24, 2.45) is 17.8 Å². The number of rotatable bonds is 0. The minimum atomic E-state index is 0.687. The summed E-state index contributed by atoms with van der Waals surface area (Å²) in [6, 6.07) is 0. The fourth-order valence-corrected chi connectivity index (χ4v) is 3.29. The van der Waals surface area contributed by atoms with Gasteiger partial charge in [0.2, 0.25) is 0 Å². The van der Waals surface area contributed by atoms with Crippen LogP contribution in [0.2, 0.25) is 0 Å². The van der Waals surface area contributed by atoms with Crippen molar-refractivity contribution < 1.29 is 0 Å². The average Bonchev–Trinajstić information content (AvgIpc) is 2.59. The molecule has 0 saturated heterocycles. The van der Waals surface area contributed by atoms with Gasteiger partial charge >= 0.3 is 0 Å². The van der Waals surface area contributed by atoms with Crippen LogP contribution in [0.15, 0.2) is 47.1 Å². The van der Waals surface area contributed by atoms with E-state index in [1.807, 2.05) is 0 Å². The lowest BCUT2D eigenvalue weighted by Gasteiger charge is -2.24. The normalized spacial score (nSPS) is 37.7. The van der Waals surface area contributed by atoms with Crippen molar-refractivity contribution in [3.8, 4) is 0 Å². The van der Waals surface area contributed by atoms with Crippen LogP contribution in [0.25, 0.3) is 0 Å². The van der Waals surface area contributed by atoms with Crippen molar-refractivity contribution in [2.45, 2.75) is 26.7 Å². The fraction of sp³-hybridized carbons (Fsp3) is 0.467. The Morgan fingerprint density at radius 3 is 3.00 bits per heavy atom. The van der Waals surface area contributed by atoms with E-state index in [1.54, 1.807) is 16.7 Å². The van der Waals surface area contributed by atoms with E-state index < -0.39 is 0 Å². The monoisotopic (exact) mass is 198 g/mol. The molecule has 0 saturated carbocycles. The number of hydrogen-bond donors (Lipinski definition) is 0. The van der Waals surface area contributed by atoms with Gasteiger partial charge in [-0.1, -0.05) is 55.4 Å². The summed E-state index contributed by atoms with van der Waals surface area (Å²) in [7, 11) is 0. The molecule has 0 radical (unpaired) electrons. The molecule has 0 spiro atoms. The summed E-state index contributed by atoms with van der Waals surface area (Å²) in [6.45, 7) is 4.71. The Morgan fingerprint density at radius 1 is 1.27 bits per heavy atom. The first kappa shape index (κ1) is 9.21. The van der Waals surface area contributed by atoms with Gasteiger partial charge in [-0.15, -0.1) is 0 Å². The minimum absolute atomic E-state index is 0.687. The van der Waals surface area contributed by atoms with Crippen LogP contribution in [0.4, 0.5) is 0 Å². The Balaban J connectivity index is 2.05. The molecule has 15 heavy (non-hydrogen) atoms. The van der Waals surface area contributed by atoms with E-state index in [2.05, 4.69) is 44.2 Å². The molecule has 3 unspecified atom stereocenters. The summed E-state index contributed by atoms with van der Waals surface area (Å²) in [5.41, 5.74) is 4.99. The molecule has 0 fully saturated rings. The minimum Gasteiger partial charge on any atom is -0.0837 e. The molecule has 0 heteroatoms. The van der Waals surface area contributed by atoms with Gasteiger partial charge in [0, 0.05) is 5.92 Å². The van der Waals surface area contributed by atoms with Crippen LogP contribution in [0.3, 0.4) is 0 Å². The van der Waals surface area contributed by atoms with Crippen molar-refractivity contribution in [3.05, 3.63) is 47.1 Å². The lowest BCUT2D eigenvalue weighted by molar-refractivity contribution is 0.564. The van der Waals surface area contributed by atoms with Crippen LogP contribution in [0, 0.1) is 17.8 Å². The molecule has 3 aliphatic rings. The van der Waals surface area contributed by atoms with Gasteiger partial charge in [0.1, 0.15) is 0 Å². The highest BCUT2D eigenvalue weighted by atomic mass is 14.4. The third-order valence-electron chi connectivity index (χ3n) is 4.13. The molecule has 0 bridgehead atoms. The lowest BCUT2D eigenvalue weighted by atomic mass is 9.80. The van der Waals surface area contributed by atoms with Crippen molar-refractivity contribution in [1.82, 2.24) is 0 Å². The maximum Gasteiger partial charge on any atom is 0.0114 e. The zero-order chi connectivity index (χ0) is 10.4. The van der Waals surface area contributed by atoms with Crippen molar-refractivity contribution in [2.75, 3.05) is 0 Å². The summed E-state index contributed by atoms with van der Waals surface area (Å²) in [5, 5.41) is 0. The number of hydrogen-bond acceptors (Lipinski definition) is 0. The topological polar surface area (TPSA) is 0 Å². The Kier molecular flexibility index (Phi) is 1.98. The van der Waals surface area contributed by atoms with E-state index in [4.69, 9.17) is 0 Å². The predicted molar refractivity (Wildman–Crippen MR) is 64.4 cm³/mol. The molecule has 0 nitrogen and oxygen atoms in total. The predicted octanol–water partition coefficient (Wildman–Crippen LogP) is 4.03. The molecule has 0 aromatic rings. The van der Waals surface area contributed by atoms with E-state index in [0.29, 0.717) is 11.8 Å². The first-order valence-corrected chi connectivity index (χ1v) is 6.04. The third kappa shape index (κ3) is 1.27. The van der Waals surface area contributed by atoms with Gasteiger partial charge in [-0.25, -0.2) is 0 Å². The Morgan fingerprint density at radius 2 is 2.13 bits per heavy atom. The van der Waals surface area contributed by atoms with Gasteiger partial charge in [0.05, 0.1) is 0 Å². The molecule has 0 amide bonds. The van der Waals surface area contributed by atoms with E-state index >= 15 is 0 Å². The van der Waals surface area contributed by atoms with Crippen LogP contribution in [-0.4, -0.2) is 0 Å². The Labute approximate surface area is 92.1 Å². The first-order valence-electron chi connectivity index (χ1n) is 6.04. The maximum atomic E-state index is 2.39. The lowest BCUT2D eigenvalue weighted by Crippen LogP contribution is -2.13. The molecular weight excluding hydrogens is 180 g/mol. The maximum absolute atomic E-state index is 2.39. The summed E-state index contributed by atoms with van der Waals surface area (Å²) < 4.78 is 0. The second kappa shape index (κ2) is 3.23. The largest absolute Gasteiger partial charge is 0.0837 e. The second-order valence-corrected chi connectivity index (χ2v) is 5.16.